The molecule has 6 nitrogen and oxygen atoms in total. The quantitative estimate of drug-likeness (QED) is 0.156. The first-order valence-electron chi connectivity index (χ1n) is 14.4. The largest absolute Gasteiger partial charge is 0.358 e. The van der Waals surface area contributed by atoms with Crippen molar-refractivity contribution in [2.75, 3.05) is 20.6 Å². The van der Waals surface area contributed by atoms with E-state index in [1.54, 1.807) is 7.05 Å². The maximum atomic E-state index is 12.5. The van der Waals surface area contributed by atoms with Gasteiger partial charge in [0.2, 0.25) is 5.91 Å². The van der Waals surface area contributed by atoms with Crippen LogP contribution in [0, 0.1) is 0 Å². The van der Waals surface area contributed by atoms with E-state index >= 15 is 0 Å². The number of allylic oxidation sites excluding steroid dienone is 1. The molecule has 0 fully saturated rings. The Kier molecular flexibility index (Phi) is 12.5. The molecule has 210 valence electrons. The normalized spacial score (nSPS) is 12.1. The lowest BCUT2D eigenvalue weighted by molar-refractivity contribution is -0.125. The van der Waals surface area contributed by atoms with Gasteiger partial charge in [-0.1, -0.05) is 68.3 Å². The number of hydrogen-bond donors (Lipinski definition) is 2. The number of amides is 1. The van der Waals surface area contributed by atoms with E-state index in [1.807, 2.05) is 25.3 Å². The van der Waals surface area contributed by atoms with Crippen molar-refractivity contribution in [3.8, 4) is 0 Å². The third-order valence-electron chi connectivity index (χ3n) is 7.55. The predicted molar refractivity (Wildman–Crippen MR) is 164 cm³/mol. The number of aryl methyl sites for hydroxylation is 2. The number of likely N-dealkylation sites (N-methyl/N-ethyl adjacent to an activating group) is 2. The molecule has 39 heavy (non-hydrogen) atoms. The zero-order valence-electron chi connectivity index (χ0n) is 24.2. The SMILES string of the molecule is C=CCCC(C(=O)NC)N(C)Cc1cc(CCCCCCCNCc2nc3ccccc3n2C)ccc1C=C. The Morgan fingerprint density at radius 1 is 1.10 bits per heavy atom. The summed E-state index contributed by atoms with van der Waals surface area (Å²) in [6.07, 6.45) is 12.6. The van der Waals surface area contributed by atoms with Crippen LogP contribution in [0.1, 0.15) is 67.5 Å². The third-order valence-corrected chi connectivity index (χ3v) is 7.55. The molecule has 0 bridgehead atoms. The summed E-state index contributed by atoms with van der Waals surface area (Å²) in [5.41, 5.74) is 5.96. The molecule has 0 aliphatic carbocycles. The van der Waals surface area contributed by atoms with Gasteiger partial charge in [-0.25, -0.2) is 4.98 Å². The highest BCUT2D eigenvalue weighted by molar-refractivity contribution is 5.81. The number of carbonyl (C=O) groups excluding carboxylic acids is 1. The number of unbranched alkanes of at least 4 members (excludes halogenated alkanes) is 4. The summed E-state index contributed by atoms with van der Waals surface area (Å²) >= 11 is 0. The molecule has 1 amide bonds. The van der Waals surface area contributed by atoms with Gasteiger partial charge in [0.15, 0.2) is 0 Å². The lowest BCUT2D eigenvalue weighted by Crippen LogP contribution is -2.43. The van der Waals surface area contributed by atoms with Gasteiger partial charge in [-0.2, -0.15) is 0 Å². The van der Waals surface area contributed by atoms with Crippen LogP contribution >= 0.6 is 0 Å². The van der Waals surface area contributed by atoms with Crippen LogP contribution in [0.3, 0.4) is 0 Å². The lowest BCUT2D eigenvalue weighted by Gasteiger charge is -2.27. The highest BCUT2D eigenvalue weighted by Crippen LogP contribution is 2.20. The second-order valence-corrected chi connectivity index (χ2v) is 10.4. The Labute approximate surface area is 235 Å². The second kappa shape index (κ2) is 16.0. The van der Waals surface area contributed by atoms with Crippen LogP contribution < -0.4 is 10.6 Å². The van der Waals surface area contributed by atoms with Crippen molar-refractivity contribution < 1.29 is 4.79 Å². The van der Waals surface area contributed by atoms with Gasteiger partial charge in [0.1, 0.15) is 5.82 Å². The van der Waals surface area contributed by atoms with Gasteiger partial charge in [-0.3, -0.25) is 9.69 Å². The first kappa shape index (κ1) is 30.3. The lowest BCUT2D eigenvalue weighted by atomic mass is 9.98. The average Bonchev–Trinajstić information content (AvgIpc) is 3.27. The van der Waals surface area contributed by atoms with Crippen LogP contribution in [0.25, 0.3) is 17.1 Å². The summed E-state index contributed by atoms with van der Waals surface area (Å²) in [6.45, 7) is 10.4. The molecule has 6 heteroatoms. The Bertz CT molecular complexity index is 1210. The topological polar surface area (TPSA) is 62.2 Å². The monoisotopic (exact) mass is 529 g/mol. The predicted octanol–water partition coefficient (Wildman–Crippen LogP) is 6.01. The van der Waals surface area contributed by atoms with Gasteiger partial charge < -0.3 is 15.2 Å². The summed E-state index contributed by atoms with van der Waals surface area (Å²) in [4.78, 5) is 19.3. The van der Waals surface area contributed by atoms with Gasteiger partial charge >= 0.3 is 0 Å². The Balaban J connectivity index is 1.38. The molecule has 0 spiro atoms. The van der Waals surface area contributed by atoms with Gasteiger partial charge in [-0.05, 0) is 74.5 Å². The smallest absolute Gasteiger partial charge is 0.237 e. The maximum absolute atomic E-state index is 12.5. The van der Waals surface area contributed by atoms with Crippen molar-refractivity contribution in [1.29, 1.82) is 0 Å². The Morgan fingerprint density at radius 3 is 2.62 bits per heavy atom. The van der Waals surface area contributed by atoms with Gasteiger partial charge in [0.25, 0.3) is 0 Å². The number of fused-ring (bicyclic) bond motifs is 1. The number of para-hydroxylation sites is 2. The molecule has 2 aromatic carbocycles. The summed E-state index contributed by atoms with van der Waals surface area (Å²) < 4.78 is 2.18. The van der Waals surface area contributed by atoms with Crippen molar-refractivity contribution in [1.82, 2.24) is 25.1 Å². The molecule has 1 unspecified atom stereocenters. The minimum absolute atomic E-state index is 0.0519. The molecule has 3 rings (SSSR count). The molecule has 0 saturated carbocycles. The van der Waals surface area contributed by atoms with E-state index in [-0.39, 0.29) is 11.9 Å². The number of aromatic nitrogens is 2. The minimum atomic E-state index is -0.174. The standard InChI is InChI=1S/C33H47N5O/c1-6-8-18-31(33(39)34-3)37(4)25-28-23-26(20-21-27(28)7-2)16-12-10-9-11-15-22-35-24-32-36-29-17-13-14-19-30(29)38(32)5/h6-7,13-14,17,19-21,23,31,35H,1-2,8-12,15-16,18,22,24-25H2,3-5H3,(H,34,39). The Hall–Kier alpha value is -3.22. The van der Waals surface area contributed by atoms with E-state index in [0.717, 1.165) is 49.3 Å². The zero-order valence-corrected chi connectivity index (χ0v) is 24.2. The molecule has 1 atom stereocenters. The first-order chi connectivity index (χ1) is 19.0. The first-order valence-corrected chi connectivity index (χ1v) is 14.4. The van der Waals surface area contributed by atoms with Gasteiger partial charge in [0, 0.05) is 20.6 Å². The number of nitrogens with one attached hydrogen (secondary N) is 2. The molecule has 0 aliphatic heterocycles. The fourth-order valence-electron chi connectivity index (χ4n) is 5.19. The molecule has 1 heterocycles. The van der Waals surface area contributed by atoms with E-state index in [4.69, 9.17) is 4.98 Å². The highest BCUT2D eigenvalue weighted by Gasteiger charge is 2.22. The molecule has 0 saturated heterocycles. The molecular formula is C33H47N5O. The molecule has 0 aliphatic rings. The van der Waals surface area contributed by atoms with Gasteiger partial charge in [-0.15, -0.1) is 6.58 Å². The Morgan fingerprint density at radius 2 is 1.87 bits per heavy atom. The van der Waals surface area contributed by atoms with E-state index in [0.29, 0.717) is 6.54 Å². The number of benzene rings is 2. The van der Waals surface area contributed by atoms with Gasteiger partial charge in [0.05, 0.1) is 23.6 Å². The van der Waals surface area contributed by atoms with Crippen molar-refractivity contribution in [3.05, 3.63) is 84.2 Å². The molecule has 3 aromatic rings. The van der Waals surface area contributed by atoms with Crippen molar-refractivity contribution >= 4 is 23.0 Å². The van der Waals surface area contributed by atoms with Crippen LogP contribution in [0.4, 0.5) is 0 Å². The van der Waals surface area contributed by atoms with E-state index in [1.165, 1.54) is 48.7 Å². The number of imidazole rings is 1. The zero-order chi connectivity index (χ0) is 28.0. The molecule has 0 radical (unpaired) electrons. The molecule has 2 N–H and O–H groups in total. The molecule has 1 aromatic heterocycles. The van der Waals surface area contributed by atoms with Crippen LogP contribution in [0.5, 0.6) is 0 Å². The van der Waals surface area contributed by atoms with Crippen molar-refractivity contribution in [2.45, 2.75) is 70.5 Å². The van der Waals surface area contributed by atoms with Crippen LogP contribution in [-0.4, -0.2) is 47.0 Å². The van der Waals surface area contributed by atoms with E-state index in [2.05, 4.69) is 76.7 Å². The van der Waals surface area contributed by atoms with Crippen LogP contribution in [0.15, 0.2) is 61.7 Å². The minimum Gasteiger partial charge on any atom is -0.358 e. The summed E-state index contributed by atoms with van der Waals surface area (Å²) in [5.74, 6) is 1.14. The summed E-state index contributed by atoms with van der Waals surface area (Å²) in [7, 11) is 5.81. The maximum Gasteiger partial charge on any atom is 0.237 e. The third kappa shape index (κ3) is 8.91. The van der Waals surface area contributed by atoms with Crippen molar-refractivity contribution in [2.24, 2.45) is 7.05 Å². The van der Waals surface area contributed by atoms with Crippen LogP contribution in [-0.2, 0) is 31.4 Å². The second-order valence-electron chi connectivity index (χ2n) is 10.4. The molecular weight excluding hydrogens is 482 g/mol. The van der Waals surface area contributed by atoms with Crippen molar-refractivity contribution in [3.63, 3.8) is 0 Å². The number of rotatable bonds is 18. The van der Waals surface area contributed by atoms with E-state index < -0.39 is 0 Å². The van der Waals surface area contributed by atoms with Crippen LogP contribution in [0.2, 0.25) is 0 Å². The number of nitrogens with zero attached hydrogens (tertiary/aromatic N) is 3. The average molecular weight is 530 g/mol. The number of carbonyl (C=O) groups is 1. The summed E-state index contributed by atoms with van der Waals surface area (Å²) in [5, 5.41) is 6.37. The highest BCUT2D eigenvalue weighted by atomic mass is 16.2. The summed E-state index contributed by atoms with van der Waals surface area (Å²) in [6, 6.07) is 14.8. The fourth-order valence-corrected chi connectivity index (χ4v) is 5.19. The van der Waals surface area contributed by atoms with E-state index in [9.17, 15) is 4.79 Å². The number of hydrogen-bond acceptors (Lipinski definition) is 4. The fraction of sp³-hybridized carbons (Fsp3) is 0.455.